The number of hydrogen-bond donors (Lipinski definition) is 19. The highest BCUT2D eigenvalue weighted by Crippen LogP contribution is 2.36. The van der Waals surface area contributed by atoms with Gasteiger partial charge in [0.05, 0.1) is 62.7 Å². The number of aliphatic hydroxyl groups is 17. The highest BCUT2D eigenvalue weighted by molar-refractivity contribution is 7.43. The van der Waals surface area contributed by atoms with Crippen molar-refractivity contribution in [2.45, 2.75) is 192 Å². The average molecular weight is 1310 g/mol. The minimum absolute atomic E-state index is 0. The number of amides is 1. The molecule has 0 aromatic rings. The number of carbonyl (C=O) groups is 2. The smallest absolute Gasteiger partial charge is 0.246 e. The third-order valence-corrected chi connectivity index (χ3v) is 14.2. The van der Waals surface area contributed by atoms with Crippen LogP contribution in [-0.4, -0.2) is 342 Å². The first-order valence-corrected chi connectivity index (χ1v) is 27.4. The number of phosphoric ester groups is 1. The highest BCUT2D eigenvalue weighted by Gasteiger charge is 2.56. The Labute approximate surface area is 486 Å². The van der Waals surface area contributed by atoms with E-state index >= 15 is 0 Å². The molecule has 6 fully saturated rings. The molecule has 0 aromatic heterocycles. The van der Waals surface area contributed by atoms with Crippen molar-refractivity contribution in [3.63, 3.8) is 0 Å². The van der Waals surface area contributed by atoms with Crippen LogP contribution in [0.15, 0.2) is 0 Å². The lowest BCUT2D eigenvalue weighted by Crippen LogP contribution is -2.67. The van der Waals surface area contributed by atoms with Gasteiger partial charge in [0.1, 0.15) is 160 Å². The molecule has 0 radical (unpaired) electrons. The monoisotopic (exact) mass is 1310 g/mol. The van der Waals surface area contributed by atoms with E-state index in [-0.39, 0.29) is 7.43 Å². The summed E-state index contributed by atoms with van der Waals surface area (Å²) < 4.78 is 90.8. The lowest BCUT2D eigenvalue weighted by Gasteiger charge is -2.49. The molecule has 1 amide bonds. The number of nitrogens with one attached hydrogen (secondary N) is 1. The van der Waals surface area contributed by atoms with E-state index < -0.39 is 272 Å². The van der Waals surface area contributed by atoms with E-state index in [1.54, 1.807) is 0 Å². The van der Waals surface area contributed by atoms with Crippen LogP contribution in [0.25, 0.3) is 0 Å². The van der Waals surface area contributed by atoms with Gasteiger partial charge in [0.2, 0.25) is 5.91 Å². The first kappa shape index (κ1) is 76.4. The zero-order valence-electron chi connectivity index (χ0n) is 43.6. The molecule has 6 saturated heterocycles. The SMILES string of the molecule is C.NOCC(=O)CNC(=O)CO[C@@H]1OC(CO[C@H]2OC(CO[C@H]3OC(CO)[C@@H](O)[C@H](O)C3O[C@H]3OC(CO[O-])[C@@H](O)[C@H](O)C3O)[C@@H](O)[C@H](O)C2O)[C@@H](O)[C@H](O[C@H]2OC(CO)[C@@H](O)[C@H](O)C2O[C@H]2OC(COP(=O)([O-])[O-])[C@@H](O)[C@H](O)C2O)C1O.O=P[O-]. The van der Waals surface area contributed by atoms with Crippen LogP contribution in [0, 0.1) is 0 Å². The predicted molar refractivity (Wildman–Crippen MR) is 251 cm³/mol. The van der Waals surface area contributed by atoms with Crippen LogP contribution in [0.4, 0.5) is 0 Å². The van der Waals surface area contributed by atoms with Gasteiger partial charge in [-0.15, -0.1) is 0 Å². The number of carbonyl (C=O) groups excluding carboxylic acids is 2. The summed E-state index contributed by atoms with van der Waals surface area (Å²) in [6, 6.07) is 0. The topological polar surface area (TPSA) is 681 Å². The van der Waals surface area contributed by atoms with E-state index in [4.69, 9.17) is 72.2 Å². The Bertz CT molecular complexity index is 2080. The van der Waals surface area contributed by atoms with Crippen LogP contribution in [-0.2, 0) is 89.8 Å². The van der Waals surface area contributed by atoms with Crippen LogP contribution in [0.2, 0.25) is 0 Å². The van der Waals surface area contributed by atoms with E-state index in [0.717, 1.165) is 0 Å². The summed E-state index contributed by atoms with van der Waals surface area (Å²) in [7, 11) is -6.82. The van der Waals surface area contributed by atoms with E-state index in [1.807, 2.05) is 0 Å². The van der Waals surface area contributed by atoms with Crippen molar-refractivity contribution in [3.8, 4) is 0 Å². The number of Topliss-reactive ketones (excluding diaryl/α,β-unsaturated/α-hetero) is 1. The molecule has 30 atom stereocenters. The van der Waals surface area contributed by atoms with Gasteiger partial charge in [0.25, 0.3) is 0 Å². The van der Waals surface area contributed by atoms with Crippen LogP contribution in [0.1, 0.15) is 7.43 Å². The molecule has 20 N–H and O–H groups in total. The zero-order valence-corrected chi connectivity index (χ0v) is 45.4. The second-order valence-corrected chi connectivity index (χ2v) is 20.8. The minimum atomic E-state index is -5.74. The third-order valence-electron chi connectivity index (χ3n) is 13.8. The average Bonchev–Trinajstić information content (AvgIpc) is 1.08. The lowest BCUT2D eigenvalue weighted by molar-refractivity contribution is -0.692. The van der Waals surface area contributed by atoms with Gasteiger partial charge in [-0.3, -0.25) is 19.0 Å². The molecule has 0 spiro atoms. The minimum Gasteiger partial charge on any atom is -0.790 e. The molecule has 504 valence electrons. The molecule has 0 aromatic carbocycles. The molecule has 0 aliphatic carbocycles. The Morgan fingerprint density at radius 3 is 1.31 bits per heavy atom. The number of hydrogen-bond acceptors (Lipinski definition) is 41. The quantitative estimate of drug-likeness (QED) is 0.0217. The van der Waals surface area contributed by atoms with Gasteiger partial charge in [-0.25, -0.2) is 5.90 Å². The van der Waals surface area contributed by atoms with Crippen molar-refractivity contribution in [1.82, 2.24) is 5.32 Å². The largest absolute Gasteiger partial charge is 0.790 e. The fraction of sp³-hybridized carbons (Fsp3) is 0.952. The molecule has 6 aliphatic rings. The molecular weight excluding hydrogens is 1230 g/mol. The number of phosphoric acid groups is 1. The van der Waals surface area contributed by atoms with E-state index in [2.05, 4.69) is 19.6 Å². The molecule has 6 rings (SSSR count). The third kappa shape index (κ3) is 19.5. The Hall–Kier alpha value is -2.01. The number of nitrogens with two attached hydrogens (primary N) is 1. The first-order valence-electron chi connectivity index (χ1n) is 25.2. The first-order chi connectivity index (χ1) is 40.1. The fourth-order valence-corrected chi connectivity index (χ4v) is 9.46. The van der Waals surface area contributed by atoms with E-state index in [9.17, 15) is 116 Å². The van der Waals surface area contributed by atoms with Crippen molar-refractivity contribution in [2.24, 2.45) is 5.90 Å². The van der Waals surface area contributed by atoms with Crippen LogP contribution < -0.4 is 31.2 Å². The zero-order chi connectivity index (χ0) is 63.4. The summed E-state index contributed by atoms with van der Waals surface area (Å²) in [4.78, 5) is 63.2. The standard InChI is InChI=1S/C41H71N2O38P.CH4.HO2P/c42-70-4-10(46)1-43-17(47)9-69-37-32(62)33(79-41-35(28(58)19(49)12(3-45)74-41)81-39-31(61)26(56)22(52)16(78-39)8-72-82(64,65)66)23(53)14(76-37)6-67-36-29(59)24(54)20(50)13(75-36)5-68-40-34(27(57)18(48)11(2-44)73-40)80-38-30(60)25(55)21(51)15(77-38)7-71-63;;1-3-2/h11-16,18-41,44-45,48-63H,1-9,42H2,(H,43,47)(H2,64,65,66);1H4;(H,1,2)/p-4/t11?,12?,13?,14?,15?,16?,18-,19-,20-,21-,22-,23-,24+,25+,26+,27+,28+,29?,30?,31?,32?,33+,34?,35?,36+,37-,38-,39-,40+,41-;;/m1../s1. The number of ether oxygens (including phenoxy) is 12. The Kier molecular flexibility index (Phi) is 31.2. The van der Waals surface area contributed by atoms with Crippen molar-refractivity contribution < 1.29 is 197 Å². The summed E-state index contributed by atoms with van der Waals surface area (Å²) in [6.07, 6.45) is -61.8. The van der Waals surface area contributed by atoms with E-state index in [1.165, 1.54) is 0 Å². The van der Waals surface area contributed by atoms with Crippen molar-refractivity contribution >= 4 is 28.2 Å². The van der Waals surface area contributed by atoms with Crippen molar-refractivity contribution in [2.75, 3.05) is 59.4 Å². The van der Waals surface area contributed by atoms with Gasteiger partial charge in [0, 0.05) is 0 Å². The molecule has 44 heteroatoms. The molecule has 12 unspecified atom stereocenters. The van der Waals surface area contributed by atoms with Gasteiger partial charge in [-0.2, -0.15) is 0 Å². The summed E-state index contributed by atoms with van der Waals surface area (Å²) in [5.74, 6) is 3.12. The molecular formula is C42H72N2O40P2-4. The van der Waals surface area contributed by atoms with Gasteiger partial charge in [0.15, 0.2) is 43.5 Å². The van der Waals surface area contributed by atoms with Gasteiger partial charge < -0.3 is 183 Å². The van der Waals surface area contributed by atoms with Gasteiger partial charge in [-0.1, -0.05) is 7.43 Å². The predicted octanol–water partition coefficient (Wildman–Crippen LogP) is -17.2. The number of rotatable bonds is 26. The second kappa shape index (κ2) is 35.1. The molecule has 86 heavy (non-hydrogen) atoms. The molecule has 0 saturated carbocycles. The normalized spacial score (nSPS) is 44.0. The second-order valence-electron chi connectivity index (χ2n) is 19.5. The number of ketones is 1. The Morgan fingerprint density at radius 1 is 0.477 bits per heavy atom. The maximum atomic E-state index is 12.7. The fourth-order valence-electron chi connectivity index (χ4n) is 9.14. The number of aliphatic hydroxyl groups excluding tert-OH is 17. The maximum Gasteiger partial charge on any atom is 0.246 e. The van der Waals surface area contributed by atoms with Crippen molar-refractivity contribution in [3.05, 3.63) is 0 Å². The molecule has 42 nitrogen and oxygen atoms in total. The summed E-state index contributed by atoms with van der Waals surface area (Å²) >= 11 is 0. The molecule has 6 heterocycles. The van der Waals surface area contributed by atoms with Crippen LogP contribution in [0.3, 0.4) is 0 Å². The van der Waals surface area contributed by atoms with Crippen LogP contribution in [0.5, 0.6) is 0 Å². The summed E-state index contributed by atoms with van der Waals surface area (Å²) in [5, 5.41) is 196. The Balaban J connectivity index is 0.00000388. The van der Waals surface area contributed by atoms with Gasteiger partial charge in [-0.05, 0) is 0 Å². The van der Waals surface area contributed by atoms with Crippen LogP contribution >= 0.6 is 16.5 Å². The Morgan fingerprint density at radius 2 is 0.849 bits per heavy atom. The molecule has 0 bridgehead atoms. The van der Waals surface area contributed by atoms with Gasteiger partial charge >= 0.3 is 0 Å². The summed E-state index contributed by atoms with van der Waals surface area (Å²) in [5.41, 5.74) is 0. The summed E-state index contributed by atoms with van der Waals surface area (Å²) in [6.45, 7) is -8.45. The lowest BCUT2D eigenvalue weighted by atomic mass is 9.96. The van der Waals surface area contributed by atoms with Crippen molar-refractivity contribution in [1.29, 1.82) is 0 Å². The van der Waals surface area contributed by atoms with E-state index in [0.29, 0.717) is 0 Å². The molecule has 6 aliphatic heterocycles. The highest BCUT2D eigenvalue weighted by atomic mass is 31.2. The maximum absolute atomic E-state index is 12.7.